The average Bonchev–Trinajstić information content (AvgIpc) is 3.10. The van der Waals surface area contributed by atoms with Gasteiger partial charge in [-0.05, 0) is 41.7 Å². The molecule has 1 aromatic heterocycles. The topological polar surface area (TPSA) is 148 Å². The lowest BCUT2D eigenvalue weighted by molar-refractivity contribution is -0.121. The molecule has 10 nitrogen and oxygen atoms in total. The fraction of sp³-hybridized carbons (Fsp3) is 0.500. The van der Waals surface area contributed by atoms with Crippen molar-refractivity contribution in [2.24, 2.45) is 5.73 Å². The molecule has 2 rings (SSSR count). The Hall–Kier alpha value is -2.05. The lowest BCUT2D eigenvalue weighted by atomic mass is 10.1. The fourth-order valence-electron chi connectivity index (χ4n) is 2.56. The normalized spacial score (nSPS) is 11.5. The molecule has 0 aliphatic rings. The number of carbonyl (C=O) groups is 1. The van der Waals surface area contributed by atoms with E-state index in [9.17, 15) is 4.79 Å². The van der Waals surface area contributed by atoms with Gasteiger partial charge in [0.25, 0.3) is 0 Å². The Balaban J connectivity index is 0.00000392. The Morgan fingerprint density at radius 3 is 2.75 bits per heavy atom. The summed E-state index contributed by atoms with van der Waals surface area (Å²) in [6.07, 6.45) is 2.65. The molecule has 12 heteroatoms. The number of nitrogens with zero attached hydrogens (tertiary/aromatic N) is 4. The third kappa shape index (κ3) is 8.76. The van der Waals surface area contributed by atoms with E-state index in [1.807, 2.05) is 30.3 Å². The van der Waals surface area contributed by atoms with Crippen LogP contribution in [-0.2, 0) is 22.4 Å². The molecule has 0 aliphatic carbocycles. The molecular formula is C16H26BClN6O4. The van der Waals surface area contributed by atoms with Gasteiger partial charge in [-0.2, -0.15) is 0 Å². The number of benzene rings is 1. The van der Waals surface area contributed by atoms with Gasteiger partial charge in [-0.3, -0.25) is 4.79 Å². The summed E-state index contributed by atoms with van der Waals surface area (Å²) in [5, 5.41) is 31.4. The first-order valence-electron chi connectivity index (χ1n) is 8.86. The van der Waals surface area contributed by atoms with Crippen molar-refractivity contribution in [2.45, 2.75) is 38.3 Å². The van der Waals surface area contributed by atoms with Crippen molar-refractivity contribution >= 4 is 25.6 Å². The van der Waals surface area contributed by atoms with Crippen LogP contribution in [0.15, 0.2) is 30.3 Å². The molecule has 1 atom stereocenters. The number of unbranched alkanes of at least 4 members (excludes halogenated alkanes) is 1. The second kappa shape index (κ2) is 13.2. The number of amides is 1. The highest BCUT2D eigenvalue weighted by Crippen LogP contribution is 2.13. The van der Waals surface area contributed by atoms with Gasteiger partial charge in [0.2, 0.25) is 5.91 Å². The van der Waals surface area contributed by atoms with Crippen molar-refractivity contribution in [3.05, 3.63) is 41.7 Å². The van der Waals surface area contributed by atoms with E-state index in [-0.39, 0.29) is 31.5 Å². The molecule has 1 heterocycles. The van der Waals surface area contributed by atoms with Gasteiger partial charge in [0.1, 0.15) is 6.54 Å². The maximum Gasteiger partial charge on any atom is 0.633 e. The fourth-order valence-corrected chi connectivity index (χ4v) is 2.56. The molecule has 154 valence electrons. The highest BCUT2D eigenvalue weighted by atomic mass is 35.5. The highest BCUT2D eigenvalue weighted by Gasteiger charge is 2.17. The van der Waals surface area contributed by atoms with E-state index in [0.29, 0.717) is 31.6 Å². The highest BCUT2D eigenvalue weighted by molar-refractivity contribution is 6.32. The molecule has 0 bridgehead atoms. The smallest absolute Gasteiger partial charge is 0.402 e. The Morgan fingerprint density at radius 2 is 2.04 bits per heavy atom. The van der Waals surface area contributed by atoms with Gasteiger partial charge >= 0.3 is 7.32 Å². The predicted molar refractivity (Wildman–Crippen MR) is 105 cm³/mol. The first-order chi connectivity index (χ1) is 13.1. The minimum atomic E-state index is -1.76. The van der Waals surface area contributed by atoms with Crippen LogP contribution < -0.4 is 11.1 Å². The summed E-state index contributed by atoms with van der Waals surface area (Å²) in [7, 11) is -1.76. The van der Waals surface area contributed by atoms with E-state index in [2.05, 4.69) is 25.5 Å². The summed E-state index contributed by atoms with van der Waals surface area (Å²) in [6, 6.07) is 9.48. The first-order valence-corrected chi connectivity index (χ1v) is 8.86. The first kappa shape index (κ1) is 24.0. The molecule has 0 radical (unpaired) electrons. The van der Waals surface area contributed by atoms with Gasteiger partial charge in [0.05, 0.1) is 6.04 Å². The largest absolute Gasteiger partial charge is 0.633 e. The van der Waals surface area contributed by atoms with Crippen LogP contribution in [0.2, 0.25) is 0 Å². The van der Waals surface area contributed by atoms with Gasteiger partial charge in [-0.1, -0.05) is 30.3 Å². The molecule has 1 aromatic carbocycles. The summed E-state index contributed by atoms with van der Waals surface area (Å²) in [6.45, 7) is 0.757. The van der Waals surface area contributed by atoms with E-state index >= 15 is 0 Å². The zero-order chi connectivity index (χ0) is 19.5. The Labute approximate surface area is 170 Å². The average molecular weight is 413 g/mol. The zero-order valence-corrected chi connectivity index (χ0v) is 16.3. The Morgan fingerprint density at radius 1 is 1.29 bits per heavy atom. The number of nitrogens with two attached hydrogens (primary N) is 1. The van der Waals surface area contributed by atoms with E-state index in [0.717, 1.165) is 12.0 Å². The van der Waals surface area contributed by atoms with Gasteiger partial charge < -0.3 is 25.8 Å². The minimum Gasteiger partial charge on any atom is -0.402 e. The van der Waals surface area contributed by atoms with Gasteiger partial charge in [-0.25, -0.2) is 4.68 Å². The van der Waals surface area contributed by atoms with Crippen molar-refractivity contribution < 1.29 is 19.5 Å². The van der Waals surface area contributed by atoms with Crippen LogP contribution in [-0.4, -0.2) is 56.6 Å². The number of rotatable bonds is 12. The monoisotopic (exact) mass is 412 g/mol. The van der Waals surface area contributed by atoms with E-state index in [4.69, 9.17) is 15.8 Å². The SMILES string of the molecule is Cl.N[C@@H](CCCCOB(O)O)c1nnnn1CC(=O)NCCc1ccccc1. The lowest BCUT2D eigenvalue weighted by Gasteiger charge is -2.12. The van der Waals surface area contributed by atoms with E-state index in [1.165, 1.54) is 4.68 Å². The van der Waals surface area contributed by atoms with Gasteiger partial charge in [0.15, 0.2) is 5.82 Å². The maximum absolute atomic E-state index is 12.1. The zero-order valence-electron chi connectivity index (χ0n) is 15.5. The van der Waals surface area contributed by atoms with Crippen molar-refractivity contribution in [1.82, 2.24) is 25.5 Å². The molecule has 0 saturated carbocycles. The molecular weight excluding hydrogens is 386 g/mol. The molecule has 0 spiro atoms. The molecule has 0 saturated heterocycles. The van der Waals surface area contributed by atoms with Crippen molar-refractivity contribution in [3.8, 4) is 0 Å². The molecule has 5 N–H and O–H groups in total. The molecule has 28 heavy (non-hydrogen) atoms. The van der Waals surface area contributed by atoms with Crippen LogP contribution in [0.3, 0.4) is 0 Å². The number of hydrogen-bond acceptors (Lipinski definition) is 8. The Bertz CT molecular complexity index is 691. The number of tetrazole rings is 1. The lowest BCUT2D eigenvalue weighted by Crippen LogP contribution is -2.31. The van der Waals surface area contributed by atoms with Crippen LogP contribution in [0.25, 0.3) is 0 Å². The van der Waals surface area contributed by atoms with Crippen LogP contribution in [0, 0.1) is 0 Å². The summed E-state index contributed by atoms with van der Waals surface area (Å²) in [5.74, 6) is 0.258. The molecule has 0 fully saturated rings. The van der Waals surface area contributed by atoms with E-state index < -0.39 is 13.4 Å². The second-order valence-electron chi connectivity index (χ2n) is 6.08. The van der Waals surface area contributed by atoms with Crippen LogP contribution in [0.5, 0.6) is 0 Å². The van der Waals surface area contributed by atoms with Crippen LogP contribution in [0.4, 0.5) is 0 Å². The number of halogens is 1. The van der Waals surface area contributed by atoms with Crippen molar-refractivity contribution in [2.75, 3.05) is 13.2 Å². The van der Waals surface area contributed by atoms with E-state index in [1.54, 1.807) is 0 Å². The van der Waals surface area contributed by atoms with Gasteiger partial charge in [0, 0.05) is 13.2 Å². The Kier molecular flexibility index (Phi) is 11.3. The summed E-state index contributed by atoms with van der Waals surface area (Å²) in [4.78, 5) is 12.1. The summed E-state index contributed by atoms with van der Waals surface area (Å²) < 4.78 is 6.03. The number of carbonyl (C=O) groups excluding carboxylic acids is 1. The third-order valence-corrected chi connectivity index (χ3v) is 3.94. The summed E-state index contributed by atoms with van der Waals surface area (Å²) in [5.41, 5.74) is 7.25. The van der Waals surface area contributed by atoms with Crippen LogP contribution in [0.1, 0.15) is 36.7 Å². The van der Waals surface area contributed by atoms with Crippen molar-refractivity contribution in [1.29, 1.82) is 0 Å². The van der Waals surface area contributed by atoms with Crippen LogP contribution >= 0.6 is 12.4 Å². The standard InChI is InChI=1S/C16H25BN6O4.ClH/c18-14(8-4-5-11-27-17(25)26)16-20-21-22-23(16)12-15(24)19-10-9-13-6-2-1-3-7-13;/h1-3,6-7,14,25-26H,4-5,8-12,18H2,(H,19,24);1H/t14-;/m0./s1. The van der Waals surface area contributed by atoms with Gasteiger partial charge in [-0.15, -0.1) is 17.5 Å². The summed E-state index contributed by atoms with van der Waals surface area (Å²) >= 11 is 0. The molecule has 0 unspecified atom stereocenters. The molecule has 0 aliphatic heterocycles. The minimum absolute atomic E-state index is 0. The second-order valence-corrected chi connectivity index (χ2v) is 6.08. The molecule has 1 amide bonds. The third-order valence-electron chi connectivity index (χ3n) is 3.94. The number of aromatic nitrogens is 4. The molecule has 2 aromatic rings. The quantitative estimate of drug-likeness (QED) is 0.272. The van der Waals surface area contributed by atoms with Crippen molar-refractivity contribution in [3.63, 3.8) is 0 Å². The number of hydrogen-bond donors (Lipinski definition) is 4. The predicted octanol–water partition coefficient (Wildman–Crippen LogP) is -0.390. The maximum atomic E-state index is 12.1. The number of nitrogens with one attached hydrogen (secondary N) is 1.